The van der Waals surface area contributed by atoms with Gasteiger partial charge in [0.15, 0.2) is 0 Å². The van der Waals surface area contributed by atoms with Gasteiger partial charge >= 0.3 is 0 Å². The Balaban J connectivity index is 1.44. The van der Waals surface area contributed by atoms with Crippen LogP contribution in [0.5, 0.6) is 0 Å². The van der Waals surface area contributed by atoms with Gasteiger partial charge in [-0.3, -0.25) is 24.6 Å². The molecule has 1 aliphatic heterocycles. The maximum absolute atomic E-state index is 12.6. The molecule has 2 aliphatic carbocycles. The molecule has 0 radical (unpaired) electrons. The van der Waals surface area contributed by atoms with Crippen LogP contribution in [0.2, 0.25) is 0 Å². The Morgan fingerprint density at radius 1 is 1.19 bits per heavy atom. The first-order chi connectivity index (χ1) is 12.5. The van der Waals surface area contributed by atoms with E-state index >= 15 is 0 Å². The van der Waals surface area contributed by atoms with Gasteiger partial charge in [-0.1, -0.05) is 12.2 Å². The minimum absolute atomic E-state index is 0.111. The highest BCUT2D eigenvalue weighted by Crippen LogP contribution is 2.52. The molecule has 2 bridgehead atoms. The van der Waals surface area contributed by atoms with Crippen molar-refractivity contribution in [3.8, 4) is 0 Å². The first-order valence-electron chi connectivity index (χ1n) is 8.67. The number of fused-ring (bicyclic) bond motifs is 5. The summed E-state index contributed by atoms with van der Waals surface area (Å²) in [5.74, 6) is -0.382. The number of amides is 2. The average molecular weight is 357 g/mol. The number of carbonyl (C=O) groups is 2. The summed E-state index contributed by atoms with van der Waals surface area (Å²) in [6.45, 7) is 0.162. The lowest BCUT2D eigenvalue weighted by atomic mass is 9.85. The number of nitro benzene ring substituents is 1. The summed E-state index contributed by atoms with van der Waals surface area (Å²) >= 11 is 0. The minimum atomic E-state index is -0.511. The quantitative estimate of drug-likeness (QED) is 0.343. The molecule has 1 heterocycles. The van der Waals surface area contributed by atoms with Crippen LogP contribution in [0, 0.1) is 33.8 Å². The lowest BCUT2D eigenvalue weighted by molar-refractivity contribution is -0.384. The van der Waals surface area contributed by atoms with Gasteiger partial charge in [-0.25, -0.2) is 0 Å². The van der Waals surface area contributed by atoms with Crippen molar-refractivity contribution in [2.45, 2.75) is 13.0 Å². The van der Waals surface area contributed by atoms with E-state index in [9.17, 15) is 24.8 Å². The molecule has 2 amide bonds. The van der Waals surface area contributed by atoms with E-state index in [-0.39, 0.29) is 66.6 Å². The zero-order chi connectivity index (χ0) is 18.4. The Morgan fingerprint density at radius 3 is 2.42 bits per heavy atom. The topological polar surface area (TPSA) is 113 Å². The molecule has 1 saturated heterocycles. The molecule has 136 valence electrons. The molecule has 2 fully saturated rings. The molecule has 1 saturated carbocycles. The number of aliphatic hydroxyl groups is 1. The van der Waals surface area contributed by atoms with Gasteiger partial charge in [-0.15, -0.1) is 0 Å². The van der Waals surface area contributed by atoms with Gasteiger partial charge in [0.25, 0.3) is 5.69 Å². The maximum atomic E-state index is 12.6. The van der Waals surface area contributed by atoms with Crippen molar-refractivity contribution >= 4 is 23.2 Å². The summed E-state index contributed by atoms with van der Waals surface area (Å²) < 4.78 is 0. The van der Waals surface area contributed by atoms with Crippen molar-refractivity contribution in [1.82, 2.24) is 4.90 Å². The molecule has 4 unspecified atom stereocenters. The summed E-state index contributed by atoms with van der Waals surface area (Å²) in [4.78, 5) is 37.1. The number of nitrogens with zero attached hydrogens (tertiary/aromatic N) is 2. The molecule has 0 aromatic heterocycles. The smallest absolute Gasteiger partial charge is 0.292 e. The Hall–Kier alpha value is -2.74. The summed E-state index contributed by atoms with van der Waals surface area (Å²) in [6, 6.07) is 4.32. The summed E-state index contributed by atoms with van der Waals surface area (Å²) in [5, 5.41) is 23.3. The molecule has 26 heavy (non-hydrogen) atoms. The Bertz CT molecular complexity index is 791. The third kappa shape index (κ3) is 2.48. The average Bonchev–Trinajstić information content (AvgIpc) is 3.30. The van der Waals surface area contributed by atoms with Crippen LogP contribution in [0.3, 0.4) is 0 Å². The van der Waals surface area contributed by atoms with E-state index in [0.717, 1.165) is 6.42 Å². The zero-order valence-corrected chi connectivity index (χ0v) is 14.0. The number of hydrogen-bond acceptors (Lipinski definition) is 6. The van der Waals surface area contributed by atoms with Gasteiger partial charge in [0.05, 0.1) is 23.4 Å². The number of hydrogen-bond donors (Lipinski definition) is 2. The number of rotatable bonds is 6. The molecule has 8 nitrogen and oxygen atoms in total. The molecule has 0 spiro atoms. The highest BCUT2D eigenvalue weighted by Gasteiger charge is 2.58. The molecular weight excluding hydrogens is 338 g/mol. The van der Waals surface area contributed by atoms with Crippen molar-refractivity contribution in [3.63, 3.8) is 0 Å². The summed E-state index contributed by atoms with van der Waals surface area (Å²) in [6.07, 6.45) is 4.98. The maximum Gasteiger partial charge on any atom is 0.292 e. The van der Waals surface area contributed by atoms with Crippen LogP contribution in [-0.4, -0.2) is 39.8 Å². The molecule has 4 rings (SSSR count). The minimum Gasteiger partial charge on any atom is -0.392 e. The molecule has 1 aromatic carbocycles. The number of aliphatic hydroxyl groups excluding tert-OH is 1. The van der Waals surface area contributed by atoms with Crippen LogP contribution in [-0.2, 0) is 16.2 Å². The van der Waals surface area contributed by atoms with Crippen LogP contribution < -0.4 is 5.32 Å². The first-order valence-corrected chi connectivity index (χ1v) is 8.67. The van der Waals surface area contributed by atoms with E-state index in [1.165, 1.54) is 23.1 Å². The molecule has 4 atom stereocenters. The van der Waals surface area contributed by atoms with E-state index in [0.29, 0.717) is 5.56 Å². The van der Waals surface area contributed by atoms with Crippen molar-refractivity contribution in [3.05, 3.63) is 46.0 Å². The van der Waals surface area contributed by atoms with Crippen molar-refractivity contribution < 1.29 is 19.6 Å². The largest absolute Gasteiger partial charge is 0.392 e. The molecule has 1 aromatic rings. The van der Waals surface area contributed by atoms with E-state index in [1.54, 1.807) is 0 Å². The van der Waals surface area contributed by atoms with Crippen LogP contribution in [0.4, 0.5) is 11.4 Å². The highest BCUT2D eigenvalue weighted by molar-refractivity contribution is 6.06. The van der Waals surface area contributed by atoms with Crippen LogP contribution in [0.15, 0.2) is 30.4 Å². The number of nitro groups is 1. The molecule has 3 aliphatic rings. The second kappa shape index (κ2) is 6.21. The van der Waals surface area contributed by atoms with E-state index in [2.05, 4.69) is 5.32 Å². The number of anilines is 1. The normalized spacial score (nSPS) is 28.7. The third-order valence-electron chi connectivity index (χ3n) is 5.65. The molecule has 2 N–H and O–H groups in total. The fraction of sp³-hybridized carbons (Fsp3) is 0.444. The predicted octanol–water partition coefficient (Wildman–Crippen LogP) is 1.31. The second-order valence-corrected chi connectivity index (χ2v) is 7.02. The van der Waals surface area contributed by atoms with Gasteiger partial charge in [0.1, 0.15) is 5.69 Å². The van der Waals surface area contributed by atoms with Crippen LogP contribution >= 0.6 is 0 Å². The van der Waals surface area contributed by atoms with E-state index in [1.807, 2.05) is 12.2 Å². The number of likely N-dealkylation sites (tertiary alicyclic amines) is 1. The van der Waals surface area contributed by atoms with Crippen molar-refractivity contribution in [2.24, 2.45) is 23.7 Å². The predicted molar refractivity (Wildman–Crippen MR) is 91.9 cm³/mol. The summed E-state index contributed by atoms with van der Waals surface area (Å²) in [5.41, 5.74) is 0.701. The van der Waals surface area contributed by atoms with Gasteiger partial charge in [0.2, 0.25) is 11.8 Å². The standard InChI is InChI=1S/C18H19N3O5/c22-9-10-1-4-14(21(25)26)13(7-10)19-5-6-20-17(23)15-11-2-3-12(8-11)16(15)18(20)24/h1-4,7,11-12,15-16,19,22H,5-6,8-9H2. The Labute approximate surface area is 149 Å². The fourth-order valence-electron chi connectivity index (χ4n) is 4.47. The number of nitrogens with one attached hydrogen (secondary N) is 1. The number of allylic oxidation sites excluding steroid dienone is 2. The Morgan fingerprint density at radius 2 is 1.85 bits per heavy atom. The third-order valence-corrected chi connectivity index (χ3v) is 5.65. The van der Waals surface area contributed by atoms with E-state index in [4.69, 9.17) is 0 Å². The zero-order valence-electron chi connectivity index (χ0n) is 14.0. The fourth-order valence-corrected chi connectivity index (χ4v) is 4.47. The van der Waals surface area contributed by atoms with Gasteiger partial charge in [-0.05, 0) is 36.0 Å². The number of carbonyl (C=O) groups excluding carboxylic acids is 2. The van der Waals surface area contributed by atoms with Gasteiger partial charge in [-0.2, -0.15) is 0 Å². The van der Waals surface area contributed by atoms with Crippen LogP contribution in [0.25, 0.3) is 0 Å². The monoisotopic (exact) mass is 357 g/mol. The Kier molecular flexibility index (Phi) is 3.99. The lowest BCUT2D eigenvalue weighted by Gasteiger charge is -2.18. The van der Waals surface area contributed by atoms with E-state index < -0.39 is 4.92 Å². The van der Waals surface area contributed by atoms with Crippen molar-refractivity contribution in [1.29, 1.82) is 0 Å². The van der Waals surface area contributed by atoms with Gasteiger partial charge in [0, 0.05) is 19.2 Å². The summed E-state index contributed by atoms with van der Waals surface area (Å²) in [7, 11) is 0. The SMILES string of the molecule is O=C1C2C3C=CC(C3)C2C(=O)N1CCNc1cc(CO)ccc1[N+](=O)[O-]. The lowest BCUT2D eigenvalue weighted by Crippen LogP contribution is -2.36. The van der Waals surface area contributed by atoms with Crippen LogP contribution in [0.1, 0.15) is 12.0 Å². The first kappa shape index (κ1) is 16.7. The molecule has 8 heteroatoms. The number of imide groups is 1. The molecular formula is C18H19N3O5. The second-order valence-electron chi connectivity index (χ2n) is 7.02. The highest BCUT2D eigenvalue weighted by atomic mass is 16.6. The number of benzene rings is 1. The van der Waals surface area contributed by atoms with Gasteiger partial charge < -0.3 is 10.4 Å². The van der Waals surface area contributed by atoms with Crippen molar-refractivity contribution in [2.75, 3.05) is 18.4 Å².